The highest BCUT2D eigenvalue weighted by Gasteiger charge is 2.03. The fraction of sp³-hybridized carbons (Fsp3) is 0.200. The Morgan fingerprint density at radius 2 is 2.15 bits per heavy atom. The lowest BCUT2D eigenvalue weighted by atomic mass is 10.3. The second-order valence-electron chi connectivity index (χ2n) is 2.95. The van der Waals surface area contributed by atoms with Crippen LogP contribution in [0.15, 0.2) is 29.1 Å². The second-order valence-corrected chi connectivity index (χ2v) is 2.95. The van der Waals surface area contributed by atoms with Gasteiger partial charge in [-0.2, -0.15) is 0 Å². The van der Waals surface area contributed by atoms with Crippen LogP contribution in [0.4, 0.5) is 0 Å². The van der Waals surface area contributed by atoms with Crippen molar-refractivity contribution in [3.63, 3.8) is 0 Å². The van der Waals surface area contributed by atoms with Gasteiger partial charge in [-0.1, -0.05) is 19.1 Å². The molecule has 1 heterocycles. The van der Waals surface area contributed by atoms with E-state index in [1.54, 1.807) is 4.57 Å². The molecule has 1 aromatic heterocycles. The van der Waals surface area contributed by atoms with E-state index >= 15 is 0 Å². The molecule has 0 amide bonds. The number of aromatic amines is 1. The van der Waals surface area contributed by atoms with Crippen LogP contribution in [0.5, 0.6) is 0 Å². The van der Waals surface area contributed by atoms with E-state index < -0.39 is 0 Å². The van der Waals surface area contributed by atoms with Crippen molar-refractivity contribution in [3.05, 3.63) is 41.7 Å². The van der Waals surface area contributed by atoms with Crippen LogP contribution in [0, 0.1) is 6.92 Å². The molecule has 3 heteroatoms. The molecule has 0 saturated carbocycles. The molecule has 0 atom stereocenters. The summed E-state index contributed by atoms with van der Waals surface area (Å²) >= 11 is 0. The van der Waals surface area contributed by atoms with Crippen molar-refractivity contribution in [2.24, 2.45) is 0 Å². The van der Waals surface area contributed by atoms with E-state index in [1.165, 1.54) is 0 Å². The number of hydrogen-bond acceptors (Lipinski definition) is 1. The molecule has 13 heavy (non-hydrogen) atoms. The zero-order chi connectivity index (χ0) is 9.26. The monoisotopic (exact) mass is 175 g/mol. The van der Waals surface area contributed by atoms with Crippen LogP contribution in [0.25, 0.3) is 11.0 Å². The first-order valence-electron chi connectivity index (χ1n) is 4.29. The van der Waals surface area contributed by atoms with E-state index in [0.29, 0.717) is 6.54 Å². The van der Waals surface area contributed by atoms with E-state index in [1.807, 2.05) is 24.3 Å². The zero-order valence-corrected chi connectivity index (χ0v) is 7.29. The molecule has 0 fully saturated rings. The lowest BCUT2D eigenvalue weighted by molar-refractivity contribution is 0.702. The van der Waals surface area contributed by atoms with Gasteiger partial charge in [0.15, 0.2) is 0 Å². The maximum absolute atomic E-state index is 11.4. The number of para-hydroxylation sites is 2. The van der Waals surface area contributed by atoms with Gasteiger partial charge in [-0.25, -0.2) is 4.79 Å². The van der Waals surface area contributed by atoms with E-state index in [9.17, 15) is 4.79 Å². The third-order valence-corrected chi connectivity index (χ3v) is 2.06. The first-order valence-corrected chi connectivity index (χ1v) is 4.29. The Kier molecular flexibility index (Phi) is 1.93. The molecule has 0 aliphatic heterocycles. The number of imidazole rings is 1. The van der Waals surface area contributed by atoms with Gasteiger partial charge in [0.2, 0.25) is 0 Å². The molecule has 1 aromatic carbocycles. The van der Waals surface area contributed by atoms with Gasteiger partial charge < -0.3 is 4.98 Å². The van der Waals surface area contributed by atoms with Crippen molar-refractivity contribution in [2.75, 3.05) is 0 Å². The van der Waals surface area contributed by atoms with E-state index in [0.717, 1.165) is 17.5 Å². The van der Waals surface area contributed by atoms with E-state index in [4.69, 9.17) is 0 Å². The summed E-state index contributed by atoms with van der Waals surface area (Å²) < 4.78 is 1.71. The summed E-state index contributed by atoms with van der Waals surface area (Å²) in [4.78, 5) is 14.2. The summed E-state index contributed by atoms with van der Waals surface area (Å²) in [6.07, 6.45) is 0.724. The highest BCUT2D eigenvalue weighted by Crippen LogP contribution is 2.08. The lowest BCUT2D eigenvalue weighted by Gasteiger charge is -1.98. The van der Waals surface area contributed by atoms with Crippen LogP contribution < -0.4 is 5.69 Å². The summed E-state index contributed by atoms with van der Waals surface area (Å²) in [5.41, 5.74) is 1.79. The minimum atomic E-state index is -0.0511. The van der Waals surface area contributed by atoms with Crippen molar-refractivity contribution in [3.8, 4) is 0 Å². The Balaban J connectivity index is 2.71. The summed E-state index contributed by atoms with van der Waals surface area (Å²) in [6.45, 7) is 4.40. The highest BCUT2D eigenvalue weighted by atomic mass is 16.1. The van der Waals surface area contributed by atoms with Crippen LogP contribution in [-0.4, -0.2) is 9.55 Å². The molecule has 0 unspecified atom stereocenters. The summed E-state index contributed by atoms with van der Waals surface area (Å²) in [6, 6.07) is 7.67. The number of nitrogens with one attached hydrogen (secondary N) is 1. The summed E-state index contributed by atoms with van der Waals surface area (Å²) in [7, 11) is 0. The van der Waals surface area contributed by atoms with Crippen LogP contribution >= 0.6 is 0 Å². The Bertz CT molecular complexity index is 467. The minimum absolute atomic E-state index is 0.0511. The zero-order valence-electron chi connectivity index (χ0n) is 7.29. The molecular weight excluding hydrogens is 164 g/mol. The Hall–Kier alpha value is -1.51. The predicted molar refractivity (Wildman–Crippen MR) is 52.5 cm³/mol. The van der Waals surface area contributed by atoms with E-state index in [2.05, 4.69) is 11.9 Å². The fourth-order valence-corrected chi connectivity index (χ4v) is 1.49. The molecule has 1 N–H and O–H groups in total. The van der Waals surface area contributed by atoms with Crippen LogP contribution in [0.2, 0.25) is 0 Å². The number of H-pyrrole nitrogens is 1. The molecule has 1 radical (unpaired) electrons. The first kappa shape index (κ1) is 8.10. The molecule has 2 rings (SSSR count). The van der Waals surface area contributed by atoms with Gasteiger partial charge in [0.25, 0.3) is 0 Å². The number of fused-ring (bicyclic) bond motifs is 1. The van der Waals surface area contributed by atoms with Gasteiger partial charge in [-0.15, -0.1) is 0 Å². The summed E-state index contributed by atoms with van der Waals surface area (Å²) in [5.74, 6) is 0. The molecule has 0 saturated heterocycles. The minimum Gasteiger partial charge on any atom is -0.306 e. The molecule has 67 valence electrons. The van der Waals surface area contributed by atoms with Gasteiger partial charge in [0.05, 0.1) is 11.0 Å². The fourth-order valence-electron chi connectivity index (χ4n) is 1.49. The van der Waals surface area contributed by atoms with Crippen molar-refractivity contribution in [1.29, 1.82) is 0 Å². The average Bonchev–Trinajstić information content (AvgIpc) is 2.44. The van der Waals surface area contributed by atoms with Gasteiger partial charge in [0.1, 0.15) is 0 Å². The van der Waals surface area contributed by atoms with Crippen LogP contribution in [0.1, 0.15) is 6.42 Å². The number of aryl methyl sites for hydroxylation is 1. The Labute approximate surface area is 76.0 Å². The lowest BCUT2D eigenvalue weighted by Crippen LogP contribution is -2.16. The topological polar surface area (TPSA) is 37.8 Å². The van der Waals surface area contributed by atoms with Crippen LogP contribution in [-0.2, 0) is 6.54 Å². The number of nitrogens with zero attached hydrogens (tertiary/aromatic N) is 1. The van der Waals surface area contributed by atoms with E-state index in [-0.39, 0.29) is 5.69 Å². The largest absolute Gasteiger partial charge is 0.326 e. The molecule has 0 aliphatic carbocycles. The Morgan fingerprint density at radius 3 is 2.92 bits per heavy atom. The number of hydrogen-bond donors (Lipinski definition) is 1. The van der Waals surface area contributed by atoms with Crippen molar-refractivity contribution in [2.45, 2.75) is 13.0 Å². The maximum Gasteiger partial charge on any atom is 0.326 e. The standard InChI is InChI=1S/C10H11N2O/c1-2-7-12-9-6-4-3-5-8(9)11-10(12)13/h3-6H,1-2,7H2,(H,11,13). The van der Waals surface area contributed by atoms with Gasteiger partial charge in [-0.05, 0) is 18.6 Å². The molecule has 2 aromatic rings. The second kappa shape index (κ2) is 3.09. The smallest absolute Gasteiger partial charge is 0.306 e. The van der Waals surface area contributed by atoms with Crippen molar-refractivity contribution < 1.29 is 0 Å². The quantitative estimate of drug-likeness (QED) is 0.738. The average molecular weight is 175 g/mol. The predicted octanol–water partition coefficient (Wildman–Crippen LogP) is 1.55. The molecular formula is C10H11N2O. The number of aromatic nitrogens is 2. The number of benzene rings is 1. The number of rotatable bonds is 2. The first-order chi connectivity index (χ1) is 6.33. The highest BCUT2D eigenvalue weighted by molar-refractivity contribution is 5.74. The third kappa shape index (κ3) is 1.26. The van der Waals surface area contributed by atoms with Gasteiger partial charge >= 0.3 is 5.69 Å². The third-order valence-electron chi connectivity index (χ3n) is 2.06. The normalized spacial score (nSPS) is 10.8. The van der Waals surface area contributed by atoms with Crippen molar-refractivity contribution in [1.82, 2.24) is 9.55 Å². The summed E-state index contributed by atoms with van der Waals surface area (Å²) in [5, 5.41) is 0. The van der Waals surface area contributed by atoms with Crippen LogP contribution in [0.3, 0.4) is 0 Å². The molecule has 0 bridgehead atoms. The van der Waals surface area contributed by atoms with Crippen molar-refractivity contribution >= 4 is 11.0 Å². The van der Waals surface area contributed by atoms with Gasteiger partial charge in [0, 0.05) is 6.54 Å². The van der Waals surface area contributed by atoms with Gasteiger partial charge in [-0.3, -0.25) is 4.57 Å². The molecule has 0 spiro atoms. The Morgan fingerprint density at radius 1 is 1.38 bits per heavy atom. The molecule has 0 aliphatic rings. The maximum atomic E-state index is 11.4. The SMILES string of the molecule is [CH2]CCn1c(=O)[nH]c2ccccc21. The molecule has 3 nitrogen and oxygen atoms in total.